The Hall–Kier alpha value is -3.35. The predicted molar refractivity (Wildman–Crippen MR) is 125 cm³/mol. The Kier molecular flexibility index (Phi) is 7.51. The maximum atomic E-state index is 10.7. The summed E-state index contributed by atoms with van der Waals surface area (Å²) in [6.07, 6.45) is 0.699. The van der Waals surface area contributed by atoms with Gasteiger partial charge in [0.1, 0.15) is 0 Å². The van der Waals surface area contributed by atoms with E-state index in [1.165, 1.54) is 0 Å². The molecule has 3 N–H and O–H groups in total. The molecule has 32 heavy (non-hydrogen) atoms. The van der Waals surface area contributed by atoms with Gasteiger partial charge in [0.25, 0.3) is 0 Å². The van der Waals surface area contributed by atoms with Crippen molar-refractivity contribution in [2.45, 2.75) is 45.8 Å². The van der Waals surface area contributed by atoms with E-state index in [4.69, 9.17) is 10.1 Å². The molecule has 166 valence electrons. The third kappa shape index (κ3) is 6.09. The number of hydrogen-bond donors (Lipinski definition) is 3. The average Bonchev–Trinajstić information content (AvgIpc) is 2.71. The molecule has 0 bridgehead atoms. The molecule has 2 atom stereocenters. The Bertz CT molecular complexity index is 1110. The van der Waals surface area contributed by atoms with Crippen LogP contribution in [-0.2, 0) is 4.79 Å². The van der Waals surface area contributed by atoms with Crippen molar-refractivity contribution in [3.63, 3.8) is 0 Å². The second-order valence-corrected chi connectivity index (χ2v) is 8.05. The molecule has 0 aliphatic heterocycles. The molecule has 0 saturated carbocycles. The zero-order valence-corrected chi connectivity index (χ0v) is 18.5. The summed E-state index contributed by atoms with van der Waals surface area (Å²) in [5, 5.41) is 28.9. The monoisotopic (exact) mass is 432 g/mol. The van der Waals surface area contributed by atoms with E-state index in [-0.39, 0.29) is 6.42 Å². The summed E-state index contributed by atoms with van der Waals surface area (Å²) in [6, 6.07) is 16.0. The number of benzene rings is 2. The summed E-state index contributed by atoms with van der Waals surface area (Å²) in [5.74, 6) is -0.488. The lowest BCUT2D eigenvalue weighted by atomic mass is 9.99. The first-order valence-electron chi connectivity index (χ1n) is 10.5. The van der Waals surface area contributed by atoms with Crippen molar-refractivity contribution in [1.82, 2.24) is 9.97 Å². The van der Waals surface area contributed by atoms with Crippen LogP contribution in [0.25, 0.3) is 28.7 Å². The van der Waals surface area contributed by atoms with Crippen molar-refractivity contribution < 1.29 is 20.1 Å². The molecule has 1 heterocycles. The van der Waals surface area contributed by atoms with Crippen LogP contribution in [0.4, 0.5) is 0 Å². The third-order valence-electron chi connectivity index (χ3n) is 5.07. The van der Waals surface area contributed by atoms with E-state index < -0.39 is 24.6 Å². The molecule has 0 spiro atoms. The molecule has 0 amide bonds. The number of aromatic nitrogens is 2. The van der Waals surface area contributed by atoms with Gasteiger partial charge in [0.15, 0.2) is 5.82 Å². The number of nitrogens with zero attached hydrogens (tertiary/aromatic N) is 2. The van der Waals surface area contributed by atoms with Crippen molar-refractivity contribution in [2.75, 3.05) is 0 Å². The van der Waals surface area contributed by atoms with E-state index in [1.807, 2.05) is 51.1 Å². The molecule has 6 nitrogen and oxygen atoms in total. The van der Waals surface area contributed by atoms with E-state index >= 15 is 0 Å². The van der Waals surface area contributed by atoms with Gasteiger partial charge in [-0.1, -0.05) is 59.7 Å². The molecule has 0 radical (unpaired) electrons. The van der Waals surface area contributed by atoms with Gasteiger partial charge < -0.3 is 15.3 Å². The molecular weight excluding hydrogens is 404 g/mol. The standard InChI is InChI=1S/C26H28N2O4/c1-16-11-17(2)13-20(12-16)25-23(10-9-21(29)14-22(30)15-24(31)32)18(3)27-26(28-25)19-7-5-4-6-8-19/h4-13,21-22,29-30H,14-15H2,1-3H3,(H,31,32). The van der Waals surface area contributed by atoms with Crippen molar-refractivity contribution in [3.05, 3.63) is 77.0 Å². The summed E-state index contributed by atoms with van der Waals surface area (Å²) in [4.78, 5) is 20.3. The van der Waals surface area contributed by atoms with E-state index in [2.05, 4.69) is 23.2 Å². The van der Waals surface area contributed by atoms with Gasteiger partial charge in [-0.25, -0.2) is 9.97 Å². The normalized spacial score (nSPS) is 13.3. The van der Waals surface area contributed by atoms with Gasteiger partial charge in [-0.05, 0) is 32.9 Å². The van der Waals surface area contributed by atoms with E-state index in [1.54, 1.807) is 12.2 Å². The molecular formula is C26H28N2O4. The highest BCUT2D eigenvalue weighted by Gasteiger charge is 2.16. The maximum Gasteiger partial charge on any atom is 0.305 e. The van der Waals surface area contributed by atoms with E-state index in [0.29, 0.717) is 5.82 Å². The Morgan fingerprint density at radius 1 is 0.969 bits per heavy atom. The summed E-state index contributed by atoms with van der Waals surface area (Å²) >= 11 is 0. The number of aryl methyl sites for hydroxylation is 3. The molecule has 0 fully saturated rings. The summed E-state index contributed by atoms with van der Waals surface area (Å²) < 4.78 is 0. The van der Waals surface area contributed by atoms with Gasteiger partial charge in [-0.3, -0.25) is 4.79 Å². The first-order valence-corrected chi connectivity index (χ1v) is 10.5. The highest BCUT2D eigenvalue weighted by Crippen LogP contribution is 2.29. The molecule has 2 aromatic carbocycles. The number of rotatable bonds is 8. The second kappa shape index (κ2) is 10.3. The van der Waals surface area contributed by atoms with Gasteiger partial charge in [0, 0.05) is 28.8 Å². The van der Waals surface area contributed by atoms with Gasteiger partial charge >= 0.3 is 5.97 Å². The smallest absolute Gasteiger partial charge is 0.305 e. The number of hydrogen-bond acceptors (Lipinski definition) is 5. The Labute approximate surface area is 187 Å². The lowest BCUT2D eigenvalue weighted by Gasteiger charge is -2.14. The lowest BCUT2D eigenvalue weighted by Crippen LogP contribution is -2.19. The number of aliphatic hydroxyl groups excluding tert-OH is 2. The van der Waals surface area contributed by atoms with Crippen LogP contribution in [0.15, 0.2) is 54.6 Å². The molecule has 6 heteroatoms. The Balaban J connectivity index is 2.03. The van der Waals surface area contributed by atoms with Crippen LogP contribution in [0.2, 0.25) is 0 Å². The Morgan fingerprint density at radius 2 is 1.62 bits per heavy atom. The first-order chi connectivity index (χ1) is 15.2. The first kappa shape index (κ1) is 23.3. The van der Waals surface area contributed by atoms with Crippen molar-refractivity contribution in [3.8, 4) is 22.6 Å². The third-order valence-corrected chi connectivity index (χ3v) is 5.07. The lowest BCUT2D eigenvalue weighted by molar-refractivity contribution is -0.139. The maximum absolute atomic E-state index is 10.7. The SMILES string of the molecule is Cc1cc(C)cc(-c2nc(-c3ccccc3)nc(C)c2C=CC(O)CC(O)CC(=O)O)c1. The summed E-state index contributed by atoms with van der Waals surface area (Å²) in [7, 11) is 0. The molecule has 3 rings (SSSR count). The average molecular weight is 433 g/mol. The fraction of sp³-hybridized carbons (Fsp3) is 0.269. The zero-order chi connectivity index (χ0) is 23.3. The van der Waals surface area contributed by atoms with Crippen LogP contribution in [0.5, 0.6) is 0 Å². The largest absolute Gasteiger partial charge is 0.481 e. The molecule has 0 aliphatic carbocycles. The van der Waals surface area contributed by atoms with Crippen LogP contribution < -0.4 is 0 Å². The van der Waals surface area contributed by atoms with Crippen LogP contribution >= 0.6 is 0 Å². The van der Waals surface area contributed by atoms with Gasteiger partial charge in [0.2, 0.25) is 0 Å². The van der Waals surface area contributed by atoms with Crippen molar-refractivity contribution in [2.24, 2.45) is 0 Å². The van der Waals surface area contributed by atoms with Crippen LogP contribution in [-0.4, -0.2) is 43.5 Å². The topological polar surface area (TPSA) is 104 Å². The molecule has 1 aromatic heterocycles. The predicted octanol–water partition coefficient (Wildman–Crippen LogP) is 4.34. The fourth-order valence-electron chi connectivity index (χ4n) is 3.68. The minimum atomic E-state index is -1.12. The van der Waals surface area contributed by atoms with Gasteiger partial charge in [0.05, 0.1) is 24.3 Å². The summed E-state index contributed by atoms with van der Waals surface area (Å²) in [5.41, 5.74) is 6.36. The Morgan fingerprint density at radius 3 is 2.25 bits per heavy atom. The number of aliphatic carboxylic acids is 1. The highest BCUT2D eigenvalue weighted by molar-refractivity contribution is 5.76. The number of aliphatic hydroxyl groups is 2. The summed E-state index contributed by atoms with van der Waals surface area (Å²) in [6.45, 7) is 5.96. The second-order valence-electron chi connectivity index (χ2n) is 8.05. The number of carboxylic acids is 1. The van der Waals surface area contributed by atoms with E-state index in [0.717, 1.165) is 39.2 Å². The van der Waals surface area contributed by atoms with Crippen molar-refractivity contribution >= 4 is 12.0 Å². The van der Waals surface area contributed by atoms with Crippen molar-refractivity contribution in [1.29, 1.82) is 0 Å². The van der Waals surface area contributed by atoms with Gasteiger partial charge in [-0.15, -0.1) is 0 Å². The number of carboxylic acid groups (broad SMARTS) is 1. The van der Waals surface area contributed by atoms with Crippen LogP contribution in [0.1, 0.15) is 35.2 Å². The molecule has 3 aromatic rings. The highest BCUT2D eigenvalue weighted by atomic mass is 16.4. The quantitative estimate of drug-likeness (QED) is 0.489. The number of carbonyl (C=O) groups is 1. The zero-order valence-electron chi connectivity index (χ0n) is 18.5. The molecule has 0 aliphatic rings. The van der Waals surface area contributed by atoms with E-state index in [9.17, 15) is 15.0 Å². The molecule has 2 unspecified atom stereocenters. The minimum Gasteiger partial charge on any atom is -0.481 e. The van der Waals surface area contributed by atoms with Crippen LogP contribution in [0.3, 0.4) is 0 Å². The molecule has 0 saturated heterocycles. The minimum absolute atomic E-state index is 0.0658. The van der Waals surface area contributed by atoms with Gasteiger partial charge in [-0.2, -0.15) is 0 Å². The fourth-order valence-corrected chi connectivity index (χ4v) is 3.68. The van der Waals surface area contributed by atoms with Crippen LogP contribution in [0, 0.1) is 20.8 Å².